The second kappa shape index (κ2) is 6.42. The van der Waals surface area contributed by atoms with E-state index in [0.717, 1.165) is 10.6 Å². The Morgan fingerprint density at radius 1 is 1.28 bits per heavy atom. The monoisotopic (exact) mass is 277 g/mol. The lowest BCUT2D eigenvalue weighted by Crippen LogP contribution is -1.95. The first-order valence-corrected chi connectivity index (χ1v) is 6.56. The highest BCUT2D eigenvalue weighted by Crippen LogP contribution is 2.14. The van der Waals surface area contributed by atoms with Crippen LogP contribution < -0.4 is 4.83 Å². The SMILES string of the molecule is Cc1ccc(SN/N=C/c2cc(Cl)ccn2)cc1. The molecule has 1 aromatic heterocycles. The van der Waals surface area contributed by atoms with Gasteiger partial charge in [-0.3, -0.25) is 4.98 Å². The fraction of sp³-hybridized carbons (Fsp3) is 0.0769. The third-order valence-corrected chi connectivity index (χ3v) is 3.12. The Hall–Kier alpha value is -1.52. The number of aryl methyl sites for hydroxylation is 1. The summed E-state index contributed by atoms with van der Waals surface area (Å²) in [4.78, 5) is 8.11. The lowest BCUT2D eigenvalue weighted by Gasteiger charge is -2.00. The Bertz CT molecular complexity index is 540. The van der Waals surface area contributed by atoms with Crippen LogP contribution in [0.2, 0.25) is 5.02 Å². The van der Waals surface area contributed by atoms with E-state index in [2.05, 4.69) is 34.0 Å². The van der Waals surface area contributed by atoms with Gasteiger partial charge in [0.2, 0.25) is 0 Å². The Kier molecular flexibility index (Phi) is 4.61. The van der Waals surface area contributed by atoms with E-state index in [9.17, 15) is 0 Å². The maximum absolute atomic E-state index is 5.84. The average Bonchev–Trinajstić information content (AvgIpc) is 2.37. The van der Waals surface area contributed by atoms with E-state index in [0.29, 0.717) is 5.02 Å². The second-order valence-corrected chi connectivity index (χ2v) is 4.96. The number of halogens is 1. The number of rotatable bonds is 4. The Morgan fingerprint density at radius 3 is 2.78 bits per heavy atom. The van der Waals surface area contributed by atoms with E-state index in [4.69, 9.17) is 11.6 Å². The van der Waals surface area contributed by atoms with E-state index >= 15 is 0 Å². The Labute approximate surface area is 115 Å². The molecule has 0 fully saturated rings. The summed E-state index contributed by atoms with van der Waals surface area (Å²) in [6.45, 7) is 2.06. The lowest BCUT2D eigenvalue weighted by atomic mass is 10.2. The number of aromatic nitrogens is 1. The van der Waals surface area contributed by atoms with Gasteiger partial charge in [0.15, 0.2) is 0 Å². The van der Waals surface area contributed by atoms with Crippen LogP contribution in [0.1, 0.15) is 11.3 Å². The van der Waals surface area contributed by atoms with Crippen LogP contribution >= 0.6 is 23.5 Å². The molecule has 0 aliphatic rings. The van der Waals surface area contributed by atoms with Crippen molar-refractivity contribution in [1.29, 1.82) is 0 Å². The van der Waals surface area contributed by atoms with Crippen molar-refractivity contribution in [3.8, 4) is 0 Å². The summed E-state index contributed by atoms with van der Waals surface area (Å²) in [5.41, 5.74) is 1.96. The van der Waals surface area contributed by atoms with Gasteiger partial charge in [0.25, 0.3) is 0 Å². The predicted octanol–water partition coefficient (Wildman–Crippen LogP) is 3.67. The van der Waals surface area contributed by atoms with Gasteiger partial charge in [-0.25, -0.2) is 4.83 Å². The Balaban J connectivity index is 1.87. The van der Waals surface area contributed by atoms with Crippen LogP contribution in [0.25, 0.3) is 0 Å². The van der Waals surface area contributed by atoms with Gasteiger partial charge in [-0.05, 0) is 31.2 Å². The molecule has 0 saturated heterocycles. The molecule has 18 heavy (non-hydrogen) atoms. The summed E-state index contributed by atoms with van der Waals surface area (Å²) in [5.74, 6) is 0. The van der Waals surface area contributed by atoms with Gasteiger partial charge < -0.3 is 0 Å². The van der Waals surface area contributed by atoms with Gasteiger partial charge in [0, 0.05) is 28.1 Å². The molecule has 92 valence electrons. The van der Waals surface area contributed by atoms with Crippen LogP contribution in [-0.2, 0) is 0 Å². The molecule has 0 atom stereocenters. The number of hydrogen-bond donors (Lipinski definition) is 1. The normalized spacial score (nSPS) is 10.8. The molecule has 0 bridgehead atoms. The molecule has 0 radical (unpaired) electrons. The third-order valence-electron chi connectivity index (χ3n) is 2.18. The summed E-state index contributed by atoms with van der Waals surface area (Å²) in [5, 5.41) is 4.72. The second-order valence-electron chi connectivity index (χ2n) is 3.66. The first-order valence-electron chi connectivity index (χ1n) is 5.37. The number of nitrogens with zero attached hydrogens (tertiary/aromatic N) is 2. The summed E-state index contributed by atoms with van der Waals surface area (Å²) in [6, 6.07) is 11.7. The minimum Gasteiger partial charge on any atom is -0.255 e. The van der Waals surface area contributed by atoms with E-state index in [1.54, 1.807) is 24.5 Å². The van der Waals surface area contributed by atoms with Gasteiger partial charge in [-0.1, -0.05) is 29.3 Å². The highest BCUT2D eigenvalue weighted by atomic mass is 35.5. The number of nitrogens with one attached hydrogen (secondary N) is 1. The molecular weight excluding hydrogens is 266 g/mol. The topological polar surface area (TPSA) is 37.3 Å². The fourth-order valence-electron chi connectivity index (χ4n) is 1.27. The van der Waals surface area contributed by atoms with Gasteiger partial charge >= 0.3 is 0 Å². The summed E-state index contributed by atoms with van der Waals surface area (Å²) < 4.78 is 0. The van der Waals surface area contributed by atoms with Gasteiger partial charge in [0.05, 0.1) is 11.9 Å². The first-order chi connectivity index (χ1) is 8.74. The average molecular weight is 278 g/mol. The quantitative estimate of drug-likeness (QED) is 0.526. The minimum atomic E-state index is 0.651. The van der Waals surface area contributed by atoms with E-state index < -0.39 is 0 Å². The molecule has 0 aliphatic heterocycles. The molecule has 5 heteroatoms. The van der Waals surface area contributed by atoms with Crippen molar-refractivity contribution in [2.75, 3.05) is 0 Å². The van der Waals surface area contributed by atoms with E-state index in [1.807, 2.05) is 12.1 Å². The first kappa shape index (κ1) is 12.9. The fourth-order valence-corrected chi connectivity index (χ4v) is 1.92. The molecule has 0 saturated carbocycles. The van der Waals surface area contributed by atoms with E-state index in [1.165, 1.54) is 17.5 Å². The molecule has 1 heterocycles. The maximum Gasteiger partial charge on any atom is 0.0845 e. The van der Waals surface area contributed by atoms with E-state index in [-0.39, 0.29) is 0 Å². The van der Waals surface area contributed by atoms with Crippen molar-refractivity contribution in [2.24, 2.45) is 5.10 Å². The zero-order valence-corrected chi connectivity index (χ0v) is 11.4. The molecule has 0 amide bonds. The van der Waals surface area contributed by atoms with Crippen molar-refractivity contribution in [2.45, 2.75) is 11.8 Å². The molecule has 0 aliphatic carbocycles. The molecule has 2 aromatic rings. The van der Waals surface area contributed by atoms with Gasteiger partial charge in [-0.15, -0.1) is 0 Å². The third kappa shape index (κ3) is 4.05. The van der Waals surface area contributed by atoms with Crippen molar-refractivity contribution in [1.82, 2.24) is 9.82 Å². The van der Waals surface area contributed by atoms with Crippen molar-refractivity contribution in [3.05, 3.63) is 58.9 Å². The number of pyridine rings is 1. The Morgan fingerprint density at radius 2 is 2.06 bits per heavy atom. The zero-order valence-electron chi connectivity index (χ0n) is 9.80. The molecular formula is C13H12ClN3S. The number of hydrogen-bond acceptors (Lipinski definition) is 4. The van der Waals surface area contributed by atoms with Gasteiger partial charge in [0.1, 0.15) is 0 Å². The summed E-state index contributed by atoms with van der Waals surface area (Å²) in [7, 11) is 0. The van der Waals surface area contributed by atoms with Crippen LogP contribution in [0.4, 0.5) is 0 Å². The van der Waals surface area contributed by atoms with Crippen molar-refractivity contribution < 1.29 is 0 Å². The summed E-state index contributed by atoms with van der Waals surface area (Å²) in [6.07, 6.45) is 3.28. The standard InChI is InChI=1S/C13H12ClN3S/c1-10-2-4-13(5-3-10)18-17-16-9-12-8-11(14)6-7-15-12/h2-9,17H,1H3/b16-9+. The molecule has 1 aromatic carbocycles. The maximum atomic E-state index is 5.84. The molecule has 3 nitrogen and oxygen atoms in total. The van der Waals surface area contributed by atoms with Gasteiger partial charge in [-0.2, -0.15) is 5.10 Å². The predicted molar refractivity (Wildman–Crippen MR) is 77.0 cm³/mol. The van der Waals surface area contributed by atoms with Crippen LogP contribution in [0, 0.1) is 6.92 Å². The van der Waals surface area contributed by atoms with Crippen LogP contribution in [0.15, 0.2) is 52.6 Å². The number of benzene rings is 1. The largest absolute Gasteiger partial charge is 0.255 e. The molecule has 0 spiro atoms. The summed E-state index contributed by atoms with van der Waals surface area (Å²) >= 11 is 7.28. The number of hydrazone groups is 1. The highest BCUT2D eigenvalue weighted by Gasteiger charge is 1.92. The zero-order chi connectivity index (χ0) is 12.8. The van der Waals surface area contributed by atoms with Crippen LogP contribution in [0.5, 0.6) is 0 Å². The smallest absolute Gasteiger partial charge is 0.0845 e. The highest BCUT2D eigenvalue weighted by molar-refractivity contribution is 7.97. The van der Waals surface area contributed by atoms with Crippen LogP contribution in [0.3, 0.4) is 0 Å². The van der Waals surface area contributed by atoms with Crippen molar-refractivity contribution in [3.63, 3.8) is 0 Å². The molecule has 0 unspecified atom stereocenters. The molecule has 1 N–H and O–H groups in total. The lowest BCUT2D eigenvalue weighted by molar-refractivity contribution is 1.11. The van der Waals surface area contributed by atoms with Crippen LogP contribution in [-0.4, -0.2) is 11.2 Å². The molecule has 2 rings (SSSR count). The minimum absolute atomic E-state index is 0.651. The van der Waals surface area contributed by atoms with Crippen molar-refractivity contribution >= 4 is 29.8 Å².